The van der Waals surface area contributed by atoms with Gasteiger partial charge in [0.1, 0.15) is 0 Å². The van der Waals surface area contributed by atoms with Gasteiger partial charge in [0.2, 0.25) is 0 Å². The van der Waals surface area contributed by atoms with E-state index in [-0.39, 0.29) is 0 Å². The molecule has 0 bridgehead atoms. The molecule has 0 aliphatic rings. The molecule has 0 saturated carbocycles. The Labute approximate surface area is 323 Å². The summed E-state index contributed by atoms with van der Waals surface area (Å²) < 4.78 is 5.16. The molecular formula is C52H34N2S. The molecule has 0 spiro atoms. The maximum Gasteiger partial charge on any atom is 0.0641 e. The number of fused-ring (bicyclic) bond motifs is 8. The van der Waals surface area contributed by atoms with Gasteiger partial charge >= 0.3 is 0 Å². The second-order valence-electron chi connectivity index (χ2n) is 14.1. The van der Waals surface area contributed by atoms with E-state index in [0.29, 0.717) is 0 Å². The summed E-state index contributed by atoms with van der Waals surface area (Å²) in [6, 6.07) is 75.0. The van der Waals surface area contributed by atoms with Gasteiger partial charge in [-0.2, -0.15) is 0 Å². The van der Waals surface area contributed by atoms with E-state index >= 15 is 0 Å². The number of anilines is 3. The van der Waals surface area contributed by atoms with E-state index in [2.05, 4.69) is 216 Å². The zero-order valence-corrected chi connectivity index (χ0v) is 30.7. The third-order valence-electron chi connectivity index (χ3n) is 11.0. The lowest BCUT2D eigenvalue weighted by Crippen LogP contribution is -2.09. The number of hydrogen-bond acceptors (Lipinski definition) is 2. The molecule has 0 fully saturated rings. The van der Waals surface area contributed by atoms with Gasteiger partial charge in [-0.25, -0.2) is 0 Å². The molecule has 258 valence electrons. The van der Waals surface area contributed by atoms with Crippen LogP contribution in [0.1, 0.15) is 0 Å². The van der Waals surface area contributed by atoms with Crippen LogP contribution in [0.5, 0.6) is 0 Å². The van der Waals surface area contributed by atoms with Gasteiger partial charge in [0.05, 0.1) is 21.4 Å². The highest BCUT2D eigenvalue weighted by Gasteiger charge is 2.22. The SMILES string of the molecule is c1ccc(-c2cc3ccccc3c3c2c2ccc(-c4ccc(N(c5ccccc5)c5ccccc5)cc4)cc2n3-c2cccc3c2sc2ccccc23)cc1. The van der Waals surface area contributed by atoms with E-state index in [4.69, 9.17) is 0 Å². The number of nitrogens with zero attached hydrogens (tertiary/aromatic N) is 2. The largest absolute Gasteiger partial charge is 0.311 e. The molecule has 55 heavy (non-hydrogen) atoms. The molecule has 2 nitrogen and oxygen atoms in total. The predicted molar refractivity (Wildman–Crippen MR) is 237 cm³/mol. The van der Waals surface area contributed by atoms with Gasteiger partial charge in [-0.3, -0.25) is 0 Å². The zero-order valence-electron chi connectivity index (χ0n) is 29.9. The van der Waals surface area contributed by atoms with Crippen LogP contribution in [-0.4, -0.2) is 4.57 Å². The van der Waals surface area contributed by atoms with Crippen molar-refractivity contribution in [2.75, 3.05) is 4.90 Å². The highest BCUT2D eigenvalue weighted by atomic mass is 32.1. The van der Waals surface area contributed by atoms with E-state index in [9.17, 15) is 0 Å². The summed E-state index contributed by atoms with van der Waals surface area (Å²) in [6.45, 7) is 0. The summed E-state index contributed by atoms with van der Waals surface area (Å²) in [5, 5.41) is 7.61. The Morgan fingerprint density at radius 1 is 0.400 bits per heavy atom. The molecule has 0 radical (unpaired) electrons. The summed E-state index contributed by atoms with van der Waals surface area (Å²) in [6.07, 6.45) is 0. The van der Waals surface area contributed by atoms with Crippen molar-refractivity contribution in [1.29, 1.82) is 0 Å². The fourth-order valence-electron chi connectivity index (χ4n) is 8.47. The minimum Gasteiger partial charge on any atom is -0.311 e. The number of aromatic nitrogens is 1. The number of para-hydroxylation sites is 2. The lowest BCUT2D eigenvalue weighted by molar-refractivity contribution is 1.21. The number of thiophene rings is 1. The highest BCUT2D eigenvalue weighted by molar-refractivity contribution is 7.26. The first-order chi connectivity index (χ1) is 27.3. The molecule has 0 aliphatic carbocycles. The average molecular weight is 719 g/mol. The van der Waals surface area contributed by atoms with Crippen LogP contribution in [0.25, 0.3) is 80.7 Å². The summed E-state index contributed by atoms with van der Waals surface area (Å²) >= 11 is 1.89. The highest BCUT2D eigenvalue weighted by Crippen LogP contribution is 2.46. The van der Waals surface area contributed by atoms with E-state index in [1.54, 1.807) is 0 Å². The molecular weight excluding hydrogens is 685 g/mol. The van der Waals surface area contributed by atoms with Crippen LogP contribution in [-0.2, 0) is 0 Å². The first-order valence-electron chi connectivity index (χ1n) is 18.8. The maximum absolute atomic E-state index is 2.56. The summed E-state index contributed by atoms with van der Waals surface area (Å²) in [4.78, 5) is 2.31. The molecule has 0 saturated heterocycles. The van der Waals surface area contributed by atoms with Crippen molar-refractivity contribution in [3.8, 4) is 27.9 Å². The quantitative estimate of drug-likeness (QED) is 0.166. The van der Waals surface area contributed by atoms with Gasteiger partial charge < -0.3 is 9.47 Å². The summed E-state index contributed by atoms with van der Waals surface area (Å²) in [5.74, 6) is 0. The van der Waals surface area contributed by atoms with Crippen LogP contribution in [0, 0.1) is 0 Å². The van der Waals surface area contributed by atoms with Crippen LogP contribution in [0.4, 0.5) is 17.1 Å². The summed E-state index contributed by atoms with van der Waals surface area (Å²) in [7, 11) is 0. The number of benzene rings is 9. The molecule has 0 N–H and O–H groups in total. The van der Waals surface area contributed by atoms with Crippen molar-refractivity contribution >= 4 is 81.1 Å². The fraction of sp³-hybridized carbons (Fsp3) is 0. The maximum atomic E-state index is 2.56. The van der Waals surface area contributed by atoms with Crippen molar-refractivity contribution in [3.63, 3.8) is 0 Å². The third kappa shape index (κ3) is 5.16. The van der Waals surface area contributed by atoms with E-state index in [0.717, 1.165) is 17.1 Å². The minimum absolute atomic E-state index is 1.12. The van der Waals surface area contributed by atoms with Crippen molar-refractivity contribution in [2.24, 2.45) is 0 Å². The van der Waals surface area contributed by atoms with Gasteiger partial charge in [-0.15, -0.1) is 11.3 Å². The van der Waals surface area contributed by atoms with Crippen molar-refractivity contribution in [1.82, 2.24) is 4.57 Å². The van der Waals surface area contributed by atoms with Gasteiger partial charge in [0.25, 0.3) is 0 Å². The summed E-state index contributed by atoms with van der Waals surface area (Å²) in [5.41, 5.74) is 11.9. The molecule has 11 aromatic rings. The standard InChI is InChI=1S/C52H34N2S/c1-4-15-36(16-5-1)46-33-38-17-10-11-22-42(38)51-50(46)45-32-29-37(34-48(45)54(51)47-25-14-24-44-43-23-12-13-26-49(43)55-52(44)47)35-27-30-41(31-28-35)53(39-18-6-2-7-19-39)40-20-8-3-9-21-40/h1-34H. The smallest absolute Gasteiger partial charge is 0.0641 e. The van der Waals surface area contributed by atoms with Crippen LogP contribution in [0.2, 0.25) is 0 Å². The molecule has 0 amide bonds. The van der Waals surface area contributed by atoms with Gasteiger partial charge in [0.15, 0.2) is 0 Å². The molecule has 11 rings (SSSR count). The average Bonchev–Trinajstić information content (AvgIpc) is 3.81. The Morgan fingerprint density at radius 2 is 1.00 bits per heavy atom. The lowest BCUT2D eigenvalue weighted by atomic mass is 9.94. The number of hydrogen-bond donors (Lipinski definition) is 0. The normalized spacial score (nSPS) is 11.6. The lowest BCUT2D eigenvalue weighted by Gasteiger charge is -2.25. The molecule has 0 unspecified atom stereocenters. The van der Waals surface area contributed by atoms with Crippen LogP contribution in [0.3, 0.4) is 0 Å². The monoisotopic (exact) mass is 718 g/mol. The molecule has 3 heteroatoms. The van der Waals surface area contributed by atoms with Crippen LogP contribution in [0.15, 0.2) is 206 Å². The van der Waals surface area contributed by atoms with Crippen LogP contribution < -0.4 is 4.90 Å². The Kier molecular flexibility index (Phi) is 7.39. The molecule has 9 aromatic carbocycles. The fourth-order valence-corrected chi connectivity index (χ4v) is 9.68. The third-order valence-corrected chi connectivity index (χ3v) is 12.2. The molecule has 0 aliphatic heterocycles. The molecule has 0 atom stereocenters. The zero-order chi connectivity index (χ0) is 36.3. The Bertz CT molecular complexity index is 3140. The van der Waals surface area contributed by atoms with Gasteiger partial charge in [-0.05, 0) is 88.3 Å². The van der Waals surface area contributed by atoms with Gasteiger partial charge in [-0.1, -0.05) is 146 Å². The predicted octanol–water partition coefficient (Wildman–Crippen LogP) is 15.1. The van der Waals surface area contributed by atoms with Gasteiger partial charge in [0, 0.05) is 48.7 Å². The van der Waals surface area contributed by atoms with E-state index in [1.807, 2.05) is 11.3 Å². The van der Waals surface area contributed by atoms with Crippen LogP contribution >= 0.6 is 11.3 Å². The minimum atomic E-state index is 1.12. The van der Waals surface area contributed by atoms with Crippen molar-refractivity contribution in [2.45, 2.75) is 0 Å². The Balaban J connectivity index is 1.18. The molecule has 2 heterocycles. The topological polar surface area (TPSA) is 8.17 Å². The Morgan fingerprint density at radius 3 is 1.75 bits per heavy atom. The second kappa shape index (κ2) is 12.9. The second-order valence-corrected chi connectivity index (χ2v) is 15.2. The van der Waals surface area contributed by atoms with Crippen molar-refractivity contribution < 1.29 is 0 Å². The van der Waals surface area contributed by atoms with E-state index in [1.165, 1.54) is 80.7 Å². The van der Waals surface area contributed by atoms with Crippen molar-refractivity contribution in [3.05, 3.63) is 206 Å². The first-order valence-corrected chi connectivity index (χ1v) is 19.6. The molecule has 2 aromatic heterocycles. The Hall–Kier alpha value is -6.94. The number of rotatable bonds is 6. The van der Waals surface area contributed by atoms with E-state index < -0.39 is 0 Å². The first kappa shape index (κ1) is 31.6.